The van der Waals surface area contributed by atoms with Gasteiger partial charge in [0.1, 0.15) is 6.29 Å². The highest BCUT2D eigenvalue weighted by molar-refractivity contribution is 5.76. The Kier molecular flexibility index (Phi) is 25.7. The molecule has 0 spiro atoms. The van der Waals surface area contributed by atoms with Gasteiger partial charge >= 0.3 is 18.4 Å². The Balaban J connectivity index is 0. The average molecular weight is 429 g/mol. The fourth-order valence-electron chi connectivity index (χ4n) is 3.10. The van der Waals surface area contributed by atoms with Gasteiger partial charge in [0.15, 0.2) is 0 Å². The van der Waals surface area contributed by atoms with Crippen LogP contribution in [0.4, 0.5) is 0 Å². The third-order valence-electron chi connectivity index (χ3n) is 5.10. The monoisotopic (exact) mass is 428 g/mol. The number of hydrogen-bond donors (Lipinski definition) is 1. The van der Waals surface area contributed by atoms with E-state index in [2.05, 4.69) is 11.7 Å². The maximum atomic E-state index is 10.8. The van der Waals surface area contributed by atoms with Crippen LogP contribution in [0.2, 0.25) is 0 Å². The number of rotatable bonds is 20. The molecule has 0 aliphatic carbocycles. The Morgan fingerprint density at radius 1 is 0.767 bits per heavy atom. The van der Waals surface area contributed by atoms with E-state index in [-0.39, 0.29) is 18.8 Å². The number of carboxylic acids is 1. The van der Waals surface area contributed by atoms with Gasteiger partial charge < -0.3 is 14.6 Å². The largest absolute Gasteiger partial charge is 0.481 e. The molecule has 0 radical (unpaired) electrons. The smallest absolute Gasteiger partial charge is 0.313 e. The quantitative estimate of drug-likeness (QED) is 0.107. The molecule has 0 aromatic rings. The maximum absolute atomic E-state index is 10.8. The molecule has 0 rings (SSSR count). The molecule has 0 saturated carbocycles. The number of carbonyl (C=O) groups is 4. The average Bonchev–Trinajstić information content (AvgIpc) is 2.72. The topological polar surface area (TPSA) is 97.7 Å². The van der Waals surface area contributed by atoms with Crippen molar-refractivity contribution in [2.45, 2.75) is 123 Å². The molecular weight excluding hydrogens is 384 g/mol. The van der Waals surface area contributed by atoms with Crippen LogP contribution < -0.4 is 0 Å². The van der Waals surface area contributed by atoms with E-state index in [0.717, 1.165) is 64.1 Å². The van der Waals surface area contributed by atoms with Crippen LogP contribution in [-0.2, 0) is 23.9 Å². The van der Waals surface area contributed by atoms with E-state index in [4.69, 9.17) is 5.11 Å². The van der Waals surface area contributed by atoms with Gasteiger partial charge in [-0.05, 0) is 25.7 Å². The highest BCUT2D eigenvalue weighted by atomic mass is 16.6. The van der Waals surface area contributed by atoms with Crippen molar-refractivity contribution < 1.29 is 29.0 Å². The van der Waals surface area contributed by atoms with E-state index in [1.807, 2.05) is 6.92 Å². The molecule has 0 bridgehead atoms. The molecule has 0 amide bonds. The molecule has 0 saturated heterocycles. The van der Waals surface area contributed by atoms with Gasteiger partial charge in [-0.1, -0.05) is 84.5 Å². The van der Waals surface area contributed by atoms with Gasteiger partial charge in [-0.3, -0.25) is 14.4 Å². The van der Waals surface area contributed by atoms with Crippen LogP contribution in [0.5, 0.6) is 0 Å². The molecule has 0 aliphatic heterocycles. The standard InChI is InChI=1S/2C12H22O3/c1-2-11(10-13)8-6-4-3-5-7-9-12(14)15;1-2-3-4-5-6-7-8-9-10-12(14)15-11-13/h10-11H,2-9H2,1H3,(H,14,15);11H,2-10H2,1H3. The summed E-state index contributed by atoms with van der Waals surface area (Å²) in [6.07, 6.45) is 18.2. The lowest BCUT2D eigenvalue weighted by Gasteiger charge is -2.05. The minimum absolute atomic E-state index is 0.201. The first-order valence-electron chi connectivity index (χ1n) is 11.8. The fraction of sp³-hybridized carbons (Fsp3) is 0.833. The van der Waals surface area contributed by atoms with Crippen molar-refractivity contribution in [3.8, 4) is 0 Å². The Bertz CT molecular complexity index is 422. The number of unbranched alkanes of at least 4 members (excludes halogenated alkanes) is 11. The summed E-state index contributed by atoms with van der Waals surface area (Å²) in [6.45, 7) is 4.44. The van der Waals surface area contributed by atoms with Crippen LogP contribution in [-0.4, -0.2) is 29.8 Å². The molecule has 1 unspecified atom stereocenters. The van der Waals surface area contributed by atoms with Crippen LogP contribution in [0.3, 0.4) is 0 Å². The summed E-state index contributed by atoms with van der Waals surface area (Å²) in [5.41, 5.74) is 0. The summed E-state index contributed by atoms with van der Waals surface area (Å²) in [6, 6.07) is 0. The molecule has 176 valence electrons. The summed E-state index contributed by atoms with van der Waals surface area (Å²) < 4.78 is 4.18. The lowest BCUT2D eigenvalue weighted by molar-refractivity contribution is -0.151. The van der Waals surface area contributed by atoms with Gasteiger partial charge in [0.2, 0.25) is 0 Å². The van der Waals surface area contributed by atoms with Crippen molar-refractivity contribution in [1.82, 2.24) is 0 Å². The van der Waals surface area contributed by atoms with Crippen LogP contribution in [0.1, 0.15) is 123 Å². The SMILES string of the molecule is CCC(C=O)CCCCCCCC(=O)O.CCCCCCCCCCC(=O)OC=O. The lowest BCUT2D eigenvalue weighted by atomic mass is 9.99. The highest BCUT2D eigenvalue weighted by Crippen LogP contribution is 2.13. The summed E-state index contributed by atoms with van der Waals surface area (Å²) >= 11 is 0. The molecule has 6 nitrogen and oxygen atoms in total. The van der Waals surface area contributed by atoms with Gasteiger partial charge in [0, 0.05) is 18.8 Å². The Morgan fingerprint density at radius 2 is 1.27 bits per heavy atom. The lowest BCUT2D eigenvalue weighted by Crippen LogP contribution is -2.01. The Morgan fingerprint density at radius 3 is 1.73 bits per heavy atom. The number of aldehydes is 1. The molecule has 0 aromatic carbocycles. The summed E-state index contributed by atoms with van der Waals surface area (Å²) in [7, 11) is 0. The Hall–Kier alpha value is -1.72. The zero-order valence-corrected chi connectivity index (χ0v) is 19.2. The summed E-state index contributed by atoms with van der Waals surface area (Å²) in [5.74, 6) is -0.887. The molecule has 1 atom stereocenters. The molecule has 0 aliphatic rings. The van der Waals surface area contributed by atoms with E-state index in [1.54, 1.807) is 0 Å². The predicted molar refractivity (Wildman–Crippen MR) is 119 cm³/mol. The van der Waals surface area contributed by atoms with Gasteiger partial charge in [0.05, 0.1) is 0 Å². The van der Waals surface area contributed by atoms with Crippen LogP contribution >= 0.6 is 0 Å². The minimum atomic E-state index is -0.706. The van der Waals surface area contributed by atoms with Crippen molar-refractivity contribution in [1.29, 1.82) is 0 Å². The number of carboxylic acid groups (broad SMARTS) is 1. The first kappa shape index (κ1) is 30.5. The first-order valence-corrected chi connectivity index (χ1v) is 11.8. The van der Waals surface area contributed by atoms with Crippen molar-refractivity contribution >= 4 is 24.7 Å². The second kappa shape index (κ2) is 25.3. The number of ether oxygens (including phenoxy) is 1. The zero-order valence-electron chi connectivity index (χ0n) is 19.2. The minimum Gasteiger partial charge on any atom is -0.481 e. The summed E-state index contributed by atoms with van der Waals surface area (Å²) in [5, 5.41) is 8.41. The third kappa shape index (κ3) is 26.3. The van der Waals surface area contributed by atoms with Crippen LogP contribution in [0.15, 0.2) is 0 Å². The van der Waals surface area contributed by atoms with Gasteiger partial charge in [-0.15, -0.1) is 0 Å². The molecule has 6 heteroatoms. The van der Waals surface area contributed by atoms with Crippen molar-refractivity contribution in [2.75, 3.05) is 0 Å². The second-order valence-electron chi connectivity index (χ2n) is 7.82. The fourth-order valence-corrected chi connectivity index (χ4v) is 3.10. The van der Waals surface area contributed by atoms with Gasteiger partial charge in [-0.25, -0.2) is 0 Å². The van der Waals surface area contributed by atoms with Gasteiger partial charge in [0.25, 0.3) is 0 Å². The Labute approximate surface area is 183 Å². The molecule has 1 N–H and O–H groups in total. The molecule has 30 heavy (non-hydrogen) atoms. The third-order valence-corrected chi connectivity index (χ3v) is 5.10. The van der Waals surface area contributed by atoms with Crippen molar-refractivity contribution in [3.05, 3.63) is 0 Å². The van der Waals surface area contributed by atoms with Crippen molar-refractivity contribution in [2.24, 2.45) is 5.92 Å². The molecule has 0 aromatic heterocycles. The normalized spacial score (nSPS) is 11.1. The van der Waals surface area contributed by atoms with E-state index in [0.29, 0.717) is 6.42 Å². The van der Waals surface area contributed by atoms with Crippen molar-refractivity contribution in [3.63, 3.8) is 0 Å². The number of hydrogen-bond acceptors (Lipinski definition) is 5. The molecule has 0 heterocycles. The molecule has 0 fully saturated rings. The summed E-state index contributed by atoms with van der Waals surface area (Å²) in [4.78, 5) is 41.3. The van der Waals surface area contributed by atoms with Crippen LogP contribution in [0, 0.1) is 5.92 Å². The number of carbonyl (C=O) groups excluding carboxylic acids is 3. The van der Waals surface area contributed by atoms with E-state index in [1.165, 1.54) is 38.5 Å². The van der Waals surface area contributed by atoms with E-state index >= 15 is 0 Å². The first-order chi connectivity index (χ1) is 14.5. The van der Waals surface area contributed by atoms with E-state index < -0.39 is 11.9 Å². The highest BCUT2D eigenvalue weighted by Gasteiger charge is 2.03. The molecular formula is C24H44O6. The number of aliphatic carboxylic acids is 1. The second-order valence-corrected chi connectivity index (χ2v) is 7.82. The maximum Gasteiger partial charge on any atom is 0.313 e. The van der Waals surface area contributed by atoms with Gasteiger partial charge in [-0.2, -0.15) is 0 Å². The number of esters is 1. The predicted octanol–water partition coefficient (Wildman–Crippen LogP) is 6.24. The zero-order chi connectivity index (χ0) is 22.9. The van der Waals surface area contributed by atoms with E-state index in [9.17, 15) is 19.2 Å². The van der Waals surface area contributed by atoms with Crippen LogP contribution in [0.25, 0.3) is 0 Å².